The molecule has 6 bridgehead atoms. The van der Waals surface area contributed by atoms with Crippen LogP contribution in [0.25, 0.3) is 0 Å². The molecule has 0 aromatic heterocycles. The molecule has 0 N–H and O–H groups in total. The van der Waals surface area contributed by atoms with Gasteiger partial charge in [-0.15, -0.1) is 0 Å². The van der Waals surface area contributed by atoms with Gasteiger partial charge < -0.3 is 80.6 Å². The van der Waals surface area contributed by atoms with Crippen molar-refractivity contribution in [3.8, 4) is 34.5 Å². The lowest BCUT2D eigenvalue weighted by Crippen LogP contribution is -3.00. The van der Waals surface area contributed by atoms with E-state index in [2.05, 4.69) is 82.8 Å². The van der Waals surface area contributed by atoms with Crippen LogP contribution in [0.1, 0.15) is 56.6 Å². The second-order valence-electron chi connectivity index (χ2n) is 14.9. The van der Waals surface area contributed by atoms with Crippen LogP contribution < -0.4 is 71.6 Å². The van der Waals surface area contributed by atoms with Gasteiger partial charge in [-0.3, -0.25) is 0 Å². The van der Waals surface area contributed by atoms with Crippen molar-refractivity contribution in [2.75, 3.05) is 69.7 Å². The maximum atomic E-state index is 6.81. The number of likely N-dealkylation sites (N-methyl/N-ethyl adjacent to an activating group) is 2. The summed E-state index contributed by atoms with van der Waals surface area (Å²) in [5.74, 6) is 4.49. The SMILES string of the molecule is COc1ccc2cc1Oc1cc3c(cc1OC)CC[N+](C)(C)[C@@H]3Cc1ccc(cc1)Cc1c(OC)c(OC)cc3c1[C@H](C2)[N+](C)(C)CC3.[I-].[I-]. The first-order chi connectivity index (χ1) is 23.0. The first kappa shape index (κ1) is 38.5. The largest absolute Gasteiger partial charge is 1.00 e. The minimum Gasteiger partial charge on any atom is -1.00 e. The average molecular weight is 905 g/mol. The van der Waals surface area contributed by atoms with Crippen molar-refractivity contribution in [3.63, 3.8) is 0 Å². The molecule has 4 aromatic carbocycles. The lowest BCUT2D eigenvalue weighted by atomic mass is 9.81. The number of fused-ring (bicyclic) bond motifs is 2. The predicted octanol–water partition coefficient (Wildman–Crippen LogP) is 1.26. The Morgan fingerprint density at radius 1 is 0.580 bits per heavy atom. The monoisotopic (exact) mass is 904 g/mol. The van der Waals surface area contributed by atoms with Gasteiger partial charge in [-0.05, 0) is 58.1 Å². The topological polar surface area (TPSA) is 46.2 Å². The van der Waals surface area contributed by atoms with Crippen molar-refractivity contribution in [2.45, 2.75) is 44.2 Å². The van der Waals surface area contributed by atoms with Crippen molar-refractivity contribution < 1.29 is 80.6 Å². The standard InChI is InChI=1S/C41H50N2O5.2HI/c1-42(2)17-15-29-23-36(45-6)38-25-31(29)33(42)20-27-11-9-26(10-12-27)19-32-40-30(24-39(46-7)41(32)47-8)16-18-43(3,4)34(40)21-28-13-14-35(44-5)37(22-28)48-38;;/h9-14,22-25,33-34H,15-21H2,1-8H3;2*1H/q+2;;/p-2/t33-,34+;;/m1../s1. The number of nitrogens with zero attached hydrogens (tertiary/aromatic N) is 2. The van der Waals surface area contributed by atoms with Gasteiger partial charge in [0.25, 0.3) is 0 Å². The Morgan fingerprint density at radius 2 is 1.14 bits per heavy atom. The van der Waals surface area contributed by atoms with Gasteiger partial charge in [0.1, 0.15) is 12.1 Å². The summed E-state index contributed by atoms with van der Waals surface area (Å²) in [6, 6.07) is 22.7. The summed E-state index contributed by atoms with van der Waals surface area (Å²) in [5.41, 5.74) is 10.4. The van der Waals surface area contributed by atoms with E-state index in [4.69, 9.17) is 23.7 Å². The number of methoxy groups -OCH3 is 4. The summed E-state index contributed by atoms with van der Waals surface area (Å²) in [7, 11) is 16.3. The zero-order chi connectivity index (χ0) is 33.8. The molecule has 0 radical (unpaired) electrons. The van der Waals surface area contributed by atoms with E-state index < -0.39 is 0 Å². The molecule has 0 unspecified atom stereocenters. The summed E-state index contributed by atoms with van der Waals surface area (Å²) >= 11 is 0. The van der Waals surface area contributed by atoms with Crippen LogP contribution in [-0.4, -0.2) is 78.7 Å². The molecular formula is C41H50I2N2O5. The summed E-state index contributed by atoms with van der Waals surface area (Å²) in [6.07, 6.45) is 4.51. The van der Waals surface area contributed by atoms with E-state index >= 15 is 0 Å². The first-order valence-corrected chi connectivity index (χ1v) is 17.1. The van der Waals surface area contributed by atoms with Gasteiger partial charge in [-0.1, -0.05) is 30.3 Å². The smallest absolute Gasteiger partial charge is 0.170 e. The number of halogens is 2. The lowest BCUT2D eigenvalue weighted by Gasteiger charge is -2.44. The molecule has 0 amide bonds. The molecule has 0 fully saturated rings. The minimum atomic E-state index is 0. The van der Waals surface area contributed by atoms with Gasteiger partial charge in [-0.25, -0.2) is 0 Å². The number of ether oxygens (including phenoxy) is 5. The quantitative estimate of drug-likeness (QED) is 0.229. The van der Waals surface area contributed by atoms with Crippen LogP contribution in [0.3, 0.4) is 0 Å². The maximum absolute atomic E-state index is 6.81. The second kappa shape index (κ2) is 15.1. The van der Waals surface area contributed by atoms with E-state index in [1.54, 1.807) is 28.4 Å². The average Bonchev–Trinajstić information content (AvgIpc) is 3.07. The minimum absolute atomic E-state index is 0. The number of quaternary nitrogens is 2. The molecule has 50 heavy (non-hydrogen) atoms. The normalized spacial score (nSPS) is 19.6. The number of hydrogen-bond donors (Lipinski definition) is 0. The van der Waals surface area contributed by atoms with E-state index in [0.29, 0.717) is 17.2 Å². The molecule has 9 heteroatoms. The zero-order valence-corrected chi connectivity index (χ0v) is 34.9. The summed E-state index contributed by atoms with van der Waals surface area (Å²) in [5, 5.41) is 0. The molecular weight excluding hydrogens is 854 g/mol. The molecule has 7 nitrogen and oxygen atoms in total. The number of rotatable bonds is 4. The van der Waals surface area contributed by atoms with Crippen LogP contribution in [0.5, 0.6) is 34.5 Å². The molecule has 4 heterocycles. The third kappa shape index (κ3) is 7.04. The molecule has 2 atom stereocenters. The van der Waals surface area contributed by atoms with Gasteiger partial charge in [0.2, 0.25) is 0 Å². The zero-order valence-electron chi connectivity index (χ0n) is 30.6. The van der Waals surface area contributed by atoms with Gasteiger partial charge in [0.05, 0.1) is 69.7 Å². The van der Waals surface area contributed by atoms with Crippen LogP contribution in [0.15, 0.2) is 60.7 Å². The Kier molecular flexibility index (Phi) is 11.6. The Labute approximate surface area is 332 Å². The molecule has 0 aliphatic carbocycles. The summed E-state index contributed by atoms with van der Waals surface area (Å²) in [6.45, 7) is 2.09. The number of benzene rings is 4. The predicted molar refractivity (Wildman–Crippen MR) is 189 cm³/mol. The fourth-order valence-electron chi connectivity index (χ4n) is 8.37. The Balaban J connectivity index is 0.00000243. The van der Waals surface area contributed by atoms with Crippen molar-refractivity contribution >= 4 is 0 Å². The Morgan fingerprint density at radius 3 is 1.80 bits per heavy atom. The fourth-order valence-corrected chi connectivity index (χ4v) is 8.37. The van der Waals surface area contributed by atoms with Crippen LogP contribution in [0.4, 0.5) is 0 Å². The third-order valence-electron chi connectivity index (χ3n) is 11.3. The van der Waals surface area contributed by atoms with E-state index in [9.17, 15) is 0 Å². The Hall–Kier alpha value is -2.74. The summed E-state index contributed by atoms with van der Waals surface area (Å²) < 4.78 is 32.5. The highest BCUT2D eigenvalue weighted by Crippen LogP contribution is 2.48. The van der Waals surface area contributed by atoms with E-state index in [1.165, 1.54) is 44.5 Å². The lowest BCUT2D eigenvalue weighted by molar-refractivity contribution is -0.923. The van der Waals surface area contributed by atoms with Crippen LogP contribution in [-0.2, 0) is 32.1 Å². The number of hydrogen-bond acceptors (Lipinski definition) is 5. The Bertz CT molecular complexity index is 1860. The highest BCUT2D eigenvalue weighted by Gasteiger charge is 2.40. The molecule has 0 saturated carbocycles. The molecule has 4 aliphatic rings. The molecule has 0 saturated heterocycles. The molecule has 8 rings (SSSR count). The van der Waals surface area contributed by atoms with Gasteiger partial charge in [0, 0.05) is 48.8 Å². The van der Waals surface area contributed by atoms with Crippen LogP contribution >= 0.6 is 0 Å². The molecule has 4 aliphatic heterocycles. The highest BCUT2D eigenvalue weighted by atomic mass is 127. The van der Waals surface area contributed by atoms with E-state index in [-0.39, 0.29) is 60.0 Å². The fraction of sp³-hybridized carbons (Fsp3) is 0.415. The van der Waals surface area contributed by atoms with Crippen molar-refractivity contribution in [3.05, 3.63) is 105 Å². The summed E-state index contributed by atoms with van der Waals surface area (Å²) in [4.78, 5) is 0. The second-order valence-corrected chi connectivity index (χ2v) is 14.9. The van der Waals surface area contributed by atoms with Crippen molar-refractivity contribution in [2.24, 2.45) is 0 Å². The van der Waals surface area contributed by atoms with E-state index in [1.807, 2.05) is 6.07 Å². The van der Waals surface area contributed by atoms with Gasteiger partial charge in [-0.2, -0.15) is 0 Å². The van der Waals surface area contributed by atoms with Crippen molar-refractivity contribution in [1.82, 2.24) is 0 Å². The van der Waals surface area contributed by atoms with Crippen LogP contribution in [0, 0.1) is 0 Å². The third-order valence-corrected chi connectivity index (χ3v) is 11.3. The molecule has 0 spiro atoms. The van der Waals surface area contributed by atoms with Gasteiger partial charge in [0.15, 0.2) is 34.5 Å². The highest BCUT2D eigenvalue weighted by molar-refractivity contribution is 5.58. The first-order valence-electron chi connectivity index (χ1n) is 17.1. The van der Waals surface area contributed by atoms with Crippen molar-refractivity contribution in [1.29, 1.82) is 0 Å². The maximum Gasteiger partial charge on any atom is 0.170 e. The molecule has 4 aromatic rings. The molecule has 268 valence electrons. The van der Waals surface area contributed by atoms with E-state index in [0.717, 1.165) is 71.4 Å². The van der Waals surface area contributed by atoms with Crippen LogP contribution in [0.2, 0.25) is 0 Å². The van der Waals surface area contributed by atoms with Gasteiger partial charge >= 0.3 is 0 Å².